The third-order valence-corrected chi connectivity index (χ3v) is 5.43. The van der Waals surface area contributed by atoms with Gasteiger partial charge in [0.05, 0.1) is 11.2 Å². The molecule has 0 aliphatic carbocycles. The molecule has 1 aromatic heterocycles. The average molecular weight is 435 g/mol. The van der Waals surface area contributed by atoms with E-state index in [9.17, 15) is 17.6 Å². The topological polar surface area (TPSA) is 84.9 Å². The number of nitrogens with two attached hydrogens (primary N) is 1. The fourth-order valence-corrected chi connectivity index (χ4v) is 3.92. The lowest BCUT2D eigenvalue weighted by molar-refractivity contribution is -0.208. The van der Waals surface area contributed by atoms with Crippen LogP contribution in [0.1, 0.15) is 41.3 Å². The Morgan fingerprint density at radius 3 is 2.65 bits per heavy atom. The first-order chi connectivity index (χ1) is 14.5. The van der Waals surface area contributed by atoms with Crippen molar-refractivity contribution in [2.75, 3.05) is 0 Å². The van der Waals surface area contributed by atoms with Crippen LogP contribution in [0.2, 0.25) is 0 Å². The van der Waals surface area contributed by atoms with Gasteiger partial charge in [0.2, 0.25) is 0 Å². The lowest BCUT2D eigenvalue weighted by Gasteiger charge is -2.36. The van der Waals surface area contributed by atoms with Crippen molar-refractivity contribution in [2.24, 2.45) is 15.7 Å². The van der Waals surface area contributed by atoms with Crippen LogP contribution < -0.4 is 11.1 Å². The second-order valence-corrected chi connectivity index (χ2v) is 8.03. The lowest BCUT2D eigenvalue weighted by atomic mass is 9.84. The normalized spacial score (nSPS) is 23.3. The molecule has 10 heteroatoms. The number of aryl methyl sites for hydroxylation is 2. The highest BCUT2D eigenvalue weighted by atomic mass is 19.4. The molecule has 2 atom stereocenters. The summed E-state index contributed by atoms with van der Waals surface area (Å²) in [6, 6.07) is 4.04. The third-order valence-electron chi connectivity index (χ3n) is 5.43. The summed E-state index contributed by atoms with van der Waals surface area (Å²) in [6.45, 7) is 5.54. The third kappa shape index (κ3) is 3.94. The fourth-order valence-electron chi connectivity index (χ4n) is 3.92. The first-order valence-electron chi connectivity index (χ1n) is 9.64. The van der Waals surface area contributed by atoms with Crippen LogP contribution in [-0.4, -0.2) is 29.1 Å². The largest absolute Gasteiger partial charge is 0.452 e. The maximum absolute atomic E-state index is 15.0. The number of nitrogens with one attached hydrogen (secondary N) is 1. The summed E-state index contributed by atoms with van der Waals surface area (Å²) < 4.78 is 59.5. The Balaban J connectivity index is 1.78. The van der Waals surface area contributed by atoms with E-state index in [-0.39, 0.29) is 5.56 Å². The number of nitrogens with zero attached hydrogens (tertiary/aromatic N) is 3. The number of rotatable bonds is 2. The van der Waals surface area contributed by atoms with E-state index in [1.807, 2.05) is 19.9 Å². The van der Waals surface area contributed by atoms with Crippen LogP contribution in [-0.2, 0) is 16.8 Å². The van der Waals surface area contributed by atoms with Gasteiger partial charge in [-0.2, -0.15) is 13.2 Å². The number of pyridine rings is 1. The van der Waals surface area contributed by atoms with Gasteiger partial charge in [0, 0.05) is 24.7 Å². The summed E-state index contributed by atoms with van der Waals surface area (Å²) in [5, 5.41) is 3.13. The predicted molar refractivity (Wildman–Crippen MR) is 108 cm³/mol. The van der Waals surface area contributed by atoms with Gasteiger partial charge in [0.1, 0.15) is 11.5 Å². The molecule has 0 saturated carbocycles. The SMILES string of the molecule is Cc1cnc(C2=Nc3cc([C@]4(C)C[C@@H](C(F)(F)F)OC(N)=N4)c(F)cc3CN2)c(C)c1. The maximum atomic E-state index is 15.0. The Bertz CT molecular complexity index is 1110. The smallest absolute Gasteiger partial charge is 0.425 e. The molecule has 1 aromatic carbocycles. The maximum Gasteiger partial charge on any atom is 0.425 e. The summed E-state index contributed by atoms with van der Waals surface area (Å²) in [6.07, 6.45) is -5.71. The van der Waals surface area contributed by atoms with E-state index < -0.39 is 36.1 Å². The highest BCUT2D eigenvalue weighted by Gasteiger charge is 2.50. The highest BCUT2D eigenvalue weighted by Crippen LogP contribution is 2.42. The first kappa shape index (κ1) is 21.1. The Morgan fingerprint density at radius 1 is 1.23 bits per heavy atom. The van der Waals surface area contributed by atoms with Crippen LogP contribution in [0.5, 0.6) is 0 Å². The molecule has 3 N–H and O–H groups in total. The molecular weight excluding hydrogens is 414 g/mol. The molecule has 0 saturated heterocycles. The molecule has 3 heterocycles. The van der Waals surface area contributed by atoms with Gasteiger partial charge in [0.25, 0.3) is 6.02 Å². The molecule has 0 unspecified atom stereocenters. The second-order valence-electron chi connectivity index (χ2n) is 8.03. The minimum Gasteiger partial charge on any atom is -0.452 e. The van der Waals surface area contributed by atoms with Gasteiger partial charge in [-0.05, 0) is 49.6 Å². The number of alkyl halides is 3. The molecule has 4 rings (SSSR count). The van der Waals surface area contributed by atoms with E-state index in [0.717, 1.165) is 11.1 Å². The number of amidine groups is 2. The van der Waals surface area contributed by atoms with Gasteiger partial charge in [0.15, 0.2) is 11.9 Å². The zero-order valence-electron chi connectivity index (χ0n) is 17.1. The van der Waals surface area contributed by atoms with Crippen LogP contribution in [0.4, 0.5) is 23.2 Å². The zero-order chi connectivity index (χ0) is 22.6. The van der Waals surface area contributed by atoms with Gasteiger partial charge in [-0.3, -0.25) is 4.98 Å². The van der Waals surface area contributed by atoms with Crippen LogP contribution in [0, 0.1) is 19.7 Å². The molecule has 6 nitrogen and oxygen atoms in total. The number of fused-ring (bicyclic) bond motifs is 1. The van der Waals surface area contributed by atoms with Crippen molar-refractivity contribution >= 4 is 17.5 Å². The molecule has 2 aliphatic heterocycles. The summed E-state index contributed by atoms with van der Waals surface area (Å²) >= 11 is 0. The average Bonchev–Trinajstić information content (AvgIpc) is 2.66. The van der Waals surface area contributed by atoms with Gasteiger partial charge < -0.3 is 15.8 Å². The summed E-state index contributed by atoms with van der Waals surface area (Å²) in [5.74, 6) is -0.165. The van der Waals surface area contributed by atoms with E-state index in [0.29, 0.717) is 29.3 Å². The van der Waals surface area contributed by atoms with Crippen molar-refractivity contribution in [1.29, 1.82) is 0 Å². The molecule has 0 radical (unpaired) electrons. The van der Waals surface area contributed by atoms with E-state index in [1.165, 1.54) is 19.1 Å². The second kappa shape index (κ2) is 7.21. The number of aromatic nitrogens is 1. The number of hydrogen-bond acceptors (Lipinski definition) is 6. The Morgan fingerprint density at radius 2 is 1.97 bits per heavy atom. The number of aliphatic imine (C=N–C) groups is 2. The van der Waals surface area contributed by atoms with Crippen molar-refractivity contribution in [2.45, 2.75) is 51.6 Å². The summed E-state index contributed by atoms with van der Waals surface area (Å²) in [7, 11) is 0. The summed E-state index contributed by atoms with van der Waals surface area (Å²) in [4.78, 5) is 13.0. The van der Waals surface area contributed by atoms with Crippen molar-refractivity contribution in [3.63, 3.8) is 0 Å². The quantitative estimate of drug-likeness (QED) is 0.701. The minimum absolute atomic E-state index is 0.0228. The fraction of sp³-hybridized carbons (Fsp3) is 0.381. The molecule has 164 valence electrons. The molecule has 31 heavy (non-hydrogen) atoms. The number of hydrogen-bond donors (Lipinski definition) is 2. The van der Waals surface area contributed by atoms with Crippen LogP contribution in [0.25, 0.3) is 0 Å². The van der Waals surface area contributed by atoms with E-state index in [1.54, 1.807) is 6.20 Å². The van der Waals surface area contributed by atoms with Crippen LogP contribution in [0.3, 0.4) is 0 Å². The highest BCUT2D eigenvalue weighted by molar-refractivity contribution is 6.01. The molecular formula is C21H21F4N5O. The molecule has 2 aromatic rings. The van der Waals surface area contributed by atoms with E-state index in [4.69, 9.17) is 5.73 Å². The van der Waals surface area contributed by atoms with Crippen molar-refractivity contribution < 1.29 is 22.3 Å². The molecule has 0 fully saturated rings. The Hall–Kier alpha value is -3.17. The molecule has 0 spiro atoms. The number of ether oxygens (including phenoxy) is 1. The van der Waals surface area contributed by atoms with Crippen molar-refractivity contribution in [1.82, 2.24) is 10.3 Å². The van der Waals surface area contributed by atoms with Gasteiger partial charge in [-0.25, -0.2) is 14.4 Å². The predicted octanol–water partition coefficient (Wildman–Crippen LogP) is 3.90. The van der Waals surface area contributed by atoms with Crippen LogP contribution in [0.15, 0.2) is 34.4 Å². The van der Waals surface area contributed by atoms with Gasteiger partial charge >= 0.3 is 6.18 Å². The van der Waals surface area contributed by atoms with Crippen molar-refractivity contribution in [3.05, 3.63) is 58.2 Å². The molecule has 2 aliphatic rings. The monoisotopic (exact) mass is 435 g/mol. The molecule has 0 amide bonds. The Kier molecular flexibility index (Phi) is 4.90. The van der Waals surface area contributed by atoms with Gasteiger partial charge in [-0.15, -0.1) is 0 Å². The number of benzene rings is 1. The lowest BCUT2D eigenvalue weighted by Crippen LogP contribution is -2.46. The number of halogens is 4. The molecule has 0 bridgehead atoms. The zero-order valence-corrected chi connectivity index (χ0v) is 17.1. The van der Waals surface area contributed by atoms with Gasteiger partial charge in [-0.1, -0.05) is 6.07 Å². The summed E-state index contributed by atoms with van der Waals surface area (Å²) in [5.41, 5.74) is 7.52. The van der Waals surface area contributed by atoms with E-state index in [2.05, 4.69) is 25.0 Å². The minimum atomic E-state index is -4.66. The van der Waals surface area contributed by atoms with Crippen LogP contribution >= 0.6 is 0 Å². The first-order valence-corrected chi connectivity index (χ1v) is 9.64. The Labute approximate surface area is 176 Å². The standard InChI is InChI=1S/C21H21F4N5O/c1-10-4-11(2)17(27-8-10)18-28-9-12-5-14(22)13(6-15(12)29-18)20(3)7-16(21(23,24)25)31-19(26)30-20/h4-6,8,16H,7,9H2,1-3H3,(H2,26,30)(H,28,29)/t16-,20-/m0/s1. The van der Waals surface area contributed by atoms with E-state index >= 15 is 0 Å². The van der Waals surface area contributed by atoms with Crippen molar-refractivity contribution in [3.8, 4) is 0 Å².